The number of nitrogens with one attached hydrogen (secondary N) is 1. The Kier molecular flexibility index (Phi) is 4.56. The largest absolute Gasteiger partial charge is 0.496 e. The van der Waals surface area contributed by atoms with E-state index in [1.54, 1.807) is 7.11 Å². The zero-order valence-electron chi connectivity index (χ0n) is 18.1. The molecule has 1 amide bonds. The van der Waals surface area contributed by atoms with Gasteiger partial charge in [0.05, 0.1) is 12.6 Å². The highest BCUT2D eigenvalue weighted by Crippen LogP contribution is 2.51. The fraction of sp³-hybridized carbons (Fsp3) is 0.522. The molecule has 1 aromatic carbocycles. The Labute approximate surface area is 167 Å². The maximum absolute atomic E-state index is 11.7. The Hall–Kier alpha value is -2.43. The smallest absolute Gasteiger partial charge is 0.405 e. The van der Waals surface area contributed by atoms with Crippen LogP contribution in [0, 0.1) is 18.3 Å². The van der Waals surface area contributed by atoms with Gasteiger partial charge in [-0.3, -0.25) is 0 Å². The molecule has 5 nitrogen and oxygen atoms in total. The monoisotopic (exact) mass is 385 g/mol. The van der Waals surface area contributed by atoms with Crippen LogP contribution in [0.3, 0.4) is 0 Å². The van der Waals surface area contributed by atoms with Gasteiger partial charge in [0.15, 0.2) is 0 Å². The van der Waals surface area contributed by atoms with Gasteiger partial charge in [0, 0.05) is 17.1 Å². The minimum absolute atomic E-state index is 0.0533. The van der Waals surface area contributed by atoms with Gasteiger partial charge >= 0.3 is 6.09 Å². The lowest BCUT2D eigenvalue weighted by Gasteiger charge is -2.50. The summed E-state index contributed by atoms with van der Waals surface area (Å²) in [6, 6.07) is 4.19. The third-order valence-electron chi connectivity index (χ3n) is 6.15. The van der Waals surface area contributed by atoms with E-state index in [0.29, 0.717) is 0 Å². The average Bonchev–Trinajstić information content (AvgIpc) is 2.54. The second kappa shape index (κ2) is 6.29. The van der Waals surface area contributed by atoms with E-state index < -0.39 is 17.2 Å². The molecule has 0 fully saturated rings. The zero-order chi connectivity index (χ0) is 21.1. The third kappa shape index (κ3) is 2.97. The van der Waals surface area contributed by atoms with Gasteiger partial charge in [-0.2, -0.15) is 0 Å². The van der Waals surface area contributed by atoms with E-state index in [1.165, 1.54) is 0 Å². The Balaban J connectivity index is 2.24. The van der Waals surface area contributed by atoms with Crippen LogP contribution in [0.25, 0.3) is 5.57 Å². The SMILES string of the molecule is COc1cc2c(cc1C)C1=CC(C)C(NC(=O)O)(C(C)(C)C)C=C1OC2(C)C. The summed E-state index contributed by atoms with van der Waals surface area (Å²) in [5.41, 5.74) is 2.58. The molecule has 1 heterocycles. The van der Waals surface area contributed by atoms with Crippen LogP contribution >= 0.6 is 0 Å². The second-order valence-corrected chi connectivity index (χ2v) is 9.41. The number of amides is 1. The highest BCUT2D eigenvalue weighted by molar-refractivity contribution is 5.84. The van der Waals surface area contributed by atoms with Crippen LogP contribution in [0.5, 0.6) is 5.75 Å². The number of carbonyl (C=O) groups is 1. The third-order valence-corrected chi connectivity index (χ3v) is 6.15. The van der Waals surface area contributed by atoms with Crippen molar-refractivity contribution in [2.45, 2.75) is 59.6 Å². The van der Waals surface area contributed by atoms with Crippen LogP contribution in [0.1, 0.15) is 58.2 Å². The van der Waals surface area contributed by atoms with Gasteiger partial charge in [-0.1, -0.05) is 33.8 Å². The molecule has 2 atom stereocenters. The standard InChI is InChI=1S/C23H31NO4/c1-13-9-15-16-10-14(2)23(21(3,4)5,24-20(25)26)12-19(16)28-22(6,7)17(15)11-18(13)27-8/h9-12,14,24H,1-8H3,(H,25,26). The normalized spacial score (nSPS) is 25.5. The molecule has 28 heavy (non-hydrogen) atoms. The molecule has 1 aliphatic carbocycles. The molecule has 1 aliphatic heterocycles. The lowest BCUT2D eigenvalue weighted by Crippen LogP contribution is -2.60. The first-order chi connectivity index (χ1) is 12.8. The molecule has 1 aromatic rings. The van der Waals surface area contributed by atoms with E-state index in [0.717, 1.165) is 33.8 Å². The molecule has 5 heteroatoms. The van der Waals surface area contributed by atoms with Crippen LogP contribution in [0.2, 0.25) is 0 Å². The van der Waals surface area contributed by atoms with Crippen LogP contribution < -0.4 is 10.1 Å². The van der Waals surface area contributed by atoms with Crippen molar-refractivity contribution in [3.8, 4) is 5.75 Å². The van der Waals surface area contributed by atoms with Crippen molar-refractivity contribution in [3.63, 3.8) is 0 Å². The average molecular weight is 386 g/mol. The van der Waals surface area contributed by atoms with Crippen molar-refractivity contribution in [1.29, 1.82) is 0 Å². The minimum Gasteiger partial charge on any atom is -0.496 e. The first kappa shape index (κ1) is 20.3. The predicted molar refractivity (Wildman–Crippen MR) is 110 cm³/mol. The van der Waals surface area contributed by atoms with Crippen molar-refractivity contribution in [1.82, 2.24) is 5.32 Å². The summed E-state index contributed by atoms with van der Waals surface area (Å²) in [6.45, 7) is 14.3. The lowest BCUT2D eigenvalue weighted by atomic mass is 9.63. The summed E-state index contributed by atoms with van der Waals surface area (Å²) in [5, 5.41) is 12.3. The number of benzene rings is 1. The lowest BCUT2D eigenvalue weighted by molar-refractivity contribution is 0.0278. The van der Waals surface area contributed by atoms with E-state index in [9.17, 15) is 9.90 Å². The summed E-state index contributed by atoms with van der Waals surface area (Å²) in [7, 11) is 1.67. The van der Waals surface area contributed by atoms with Crippen LogP contribution in [0.4, 0.5) is 4.79 Å². The van der Waals surface area contributed by atoms with Gasteiger partial charge < -0.3 is 19.9 Å². The molecule has 0 bridgehead atoms. The Morgan fingerprint density at radius 1 is 1.29 bits per heavy atom. The zero-order valence-corrected chi connectivity index (χ0v) is 18.1. The molecular formula is C23H31NO4. The summed E-state index contributed by atoms with van der Waals surface area (Å²) < 4.78 is 11.9. The molecule has 2 aliphatic rings. The van der Waals surface area contributed by atoms with E-state index in [2.05, 4.69) is 24.4 Å². The first-order valence-electron chi connectivity index (χ1n) is 9.67. The molecule has 3 rings (SSSR count). The first-order valence-corrected chi connectivity index (χ1v) is 9.67. The molecule has 2 unspecified atom stereocenters. The van der Waals surface area contributed by atoms with Crippen molar-refractivity contribution in [2.24, 2.45) is 11.3 Å². The number of carboxylic acid groups (broad SMARTS) is 1. The van der Waals surface area contributed by atoms with E-state index in [4.69, 9.17) is 9.47 Å². The number of hydrogen-bond acceptors (Lipinski definition) is 3. The molecule has 152 valence electrons. The number of hydrogen-bond donors (Lipinski definition) is 2. The molecular weight excluding hydrogens is 354 g/mol. The minimum atomic E-state index is -1.04. The number of fused-ring (bicyclic) bond motifs is 3. The number of rotatable bonds is 2. The molecule has 0 aromatic heterocycles. The topological polar surface area (TPSA) is 67.8 Å². The quantitative estimate of drug-likeness (QED) is 0.731. The van der Waals surface area contributed by atoms with Gasteiger partial charge in [0.2, 0.25) is 0 Å². The molecule has 0 spiro atoms. The van der Waals surface area contributed by atoms with Gasteiger partial charge in [0.1, 0.15) is 17.1 Å². The predicted octanol–water partition coefficient (Wildman–Crippen LogP) is 5.24. The van der Waals surface area contributed by atoms with Crippen molar-refractivity contribution in [2.75, 3.05) is 7.11 Å². The van der Waals surface area contributed by atoms with Gasteiger partial charge in [-0.05, 0) is 55.5 Å². The summed E-state index contributed by atoms with van der Waals surface area (Å²) in [5.74, 6) is 1.51. The fourth-order valence-corrected chi connectivity index (χ4v) is 4.56. The van der Waals surface area contributed by atoms with Crippen molar-refractivity contribution < 1.29 is 19.4 Å². The Bertz CT molecular complexity index is 889. The van der Waals surface area contributed by atoms with Crippen LogP contribution in [0.15, 0.2) is 30.0 Å². The highest BCUT2D eigenvalue weighted by Gasteiger charge is 2.50. The van der Waals surface area contributed by atoms with E-state index in [1.807, 2.05) is 53.7 Å². The second-order valence-electron chi connectivity index (χ2n) is 9.41. The van der Waals surface area contributed by atoms with Gasteiger partial charge in [-0.15, -0.1) is 0 Å². The summed E-state index contributed by atoms with van der Waals surface area (Å²) in [4.78, 5) is 11.7. The Morgan fingerprint density at radius 2 is 1.93 bits per heavy atom. The van der Waals surface area contributed by atoms with E-state index >= 15 is 0 Å². The summed E-state index contributed by atoms with van der Waals surface area (Å²) in [6.07, 6.45) is 3.08. The molecule has 0 radical (unpaired) electrons. The Morgan fingerprint density at radius 3 is 2.46 bits per heavy atom. The number of allylic oxidation sites excluding steroid dienone is 1. The molecule has 0 saturated carbocycles. The maximum atomic E-state index is 11.7. The van der Waals surface area contributed by atoms with Gasteiger partial charge in [0.25, 0.3) is 0 Å². The maximum Gasteiger partial charge on any atom is 0.405 e. The summed E-state index contributed by atoms with van der Waals surface area (Å²) >= 11 is 0. The highest BCUT2D eigenvalue weighted by atomic mass is 16.5. The van der Waals surface area contributed by atoms with Crippen molar-refractivity contribution >= 4 is 11.7 Å². The fourth-order valence-electron chi connectivity index (χ4n) is 4.56. The van der Waals surface area contributed by atoms with E-state index in [-0.39, 0.29) is 11.3 Å². The van der Waals surface area contributed by atoms with Gasteiger partial charge in [-0.25, -0.2) is 4.79 Å². The molecule has 0 saturated heterocycles. The van der Waals surface area contributed by atoms with Crippen LogP contribution in [-0.4, -0.2) is 23.8 Å². The van der Waals surface area contributed by atoms with Crippen LogP contribution in [-0.2, 0) is 10.3 Å². The number of ether oxygens (including phenoxy) is 2. The molecule has 2 N–H and O–H groups in total. The number of methoxy groups -OCH3 is 1. The number of aryl methyl sites for hydroxylation is 1. The van der Waals surface area contributed by atoms with Crippen molar-refractivity contribution in [3.05, 3.63) is 46.7 Å².